The summed E-state index contributed by atoms with van der Waals surface area (Å²) in [5.74, 6) is -0.325. The Labute approximate surface area is 136 Å². The van der Waals surface area contributed by atoms with Crippen LogP contribution in [-0.4, -0.2) is 70.0 Å². The van der Waals surface area contributed by atoms with Gasteiger partial charge in [-0.05, 0) is 0 Å². The molecule has 2 heterocycles. The lowest BCUT2D eigenvalue weighted by atomic mass is 10.1. The number of hydrogen-bond donors (Lipinski definition) is 1. The van der Waals surface area contributed by atoms with Gasteiger partial charge in [-0.1, -0.05) is 30.3 Å². The largest absolute Gasteiger partial charge is 0.401 e. The number of alkyl halides is 3. The number of piperazine rings is 1. The average molecular weight is 339 g/mol. The van der Waals surface area contributed by atoms with Crippen LogP contribution < -0.4 is 0 Å². The first-order valence-electron chi connectivity index (χ1n) is 7.48. The summed E-state index contributed by atoms with van der Waals surface area (Å²) in [5.41, 5.74) is 1.38. The molecule has 128 valence electrons. The fraction of sp³-hybridized carbons (Fsp3) is 0.400. The lowest BCUT2D eigenvalue weighted by Crippen LogP contribution is -2.51. The molecule has 1 aliphatic rings. The average Bonchev–Trinajstić information content (AvgIpc) is 3.04. The molecule has 9 heteroatoms. The monoisotopic (exact) mass is 339 g/mol. The van der Waals surface area contributed by atoms with Crippen molar-refractivity contribution < 1.29 is 18.0 Å². The normalized spacial score (nSPS) is 16.4. The SMILES string of the molecule is O=C(c1n[nH]nc1-c1ccccc1)N1CCN(CC(F)(F)F)CC1. The fourth-order valence-corrected chi connectivity index (χ4v) is 2.69. The van der Waals surface area contributed by atoms with E-state index < -0.39 is 12.7 Å². The number of amides is 1. The summed E-state index contributed by atoms with van der Waals surface area (Å²) in [7, 11) is 0. The molecule has 1 saturated heterocycles. The second-order valence-corrected chi connectivity index (χ2v) is 5.57. The molecule has 1 amide bonds. The highest BCUT2D eigenvalue weighted by atomic mass is 19.4. The Morgan fingerprint density at radius 2 is 1.75 bits per heavy atom. The fourth-order valence-electron chi connectivity index (χ4n) is 2.69. The number of rotatable bonds is 3. The van der Waals surface area contributed by atoms with Gasteiger partial charge in [0, 0.05) is 31.7 Å². The number of hydrogen-bond acceptors (Lipinski definition) is 4. The van der Waals surface area contributed by atoms with E-state index in [0.717, 1.165) is 5.56 Å². The zero-order chi connectivity index (χ0) is 17.2. The molecular weight excluding hydrogens is 323 g/mol. The van der Waals surface area contributed by atoms with Crippen LogP contribution in [0.15, 0.2) is 30.3 Å². The van der Waals surface area contributed by atoms with Gasteiger partial charge in [-0.2, -0.15) is 28.6 Å². The van der Waals surface area contributed by atoms with Gasteiger partial charge >= 0.3 is 6.18 Å². The van der Waals surface area contributed by atoms with Crippen molar-refractivity contribution in [2.75, 3.05) is 32.7 Å². The van der Waals surface area contributed by atoms with Crippen LogP contribution in [0, 0.1) is 0 Å². The van der Waals surface area contributed by atoms with Crippen LogP contribution in [0.25, 0.3) is 11.3 Å². The number of carbonyl (C=O) groups is 1. The Morgan fingerprint density at radius 3 is 2.38 bits per heavy atom. The van der Waals surface area contributed by atoms with Gasteiger partial charge in [0.05, 0.1) is 6.54 Å². The number of aromatic amines is 1. The van der Waals surface area contributed by atoms with E-state index in [0.29, 0.717) is 5.69 Å². The molecule has 24 heavy (non-hydrogen) atoms. The number of carbonyl (C=O) groups excluding carboxylic acids is 1. The van der Waals surface area contributed by atoms with Crippen molar-refractivity contribution in [3.05, 3.63) is 36.0 Å². The number of aromatic nitrogens is 3. The molecule has 1 fully saturated rings. The van der Waals surface area contributed by atoms with Crippen LogP contribution in [0.3, 0.4) is 0 Å². The van der Waals surface area contributed by atoms with E-state index in [9.17, 15) is 18.0 Å². The first-order valence-corrected chi connectivity index (χ1v) is 7.48. The minimum atomic E-state index is -4.22. The smallest absolute Gasteiger partial charge is 0.335 e. The first-order chi connectivity index (χ1) is 11.4. The number of nitrogens with zero attached hydrogens (tertiary/aromatic N) is 4. The summed E-state index contributed by atoms with van der Waals surface area (Å²) in [6.07, 6.45) is -4.22. The predicted octanol–water partition coefficient (Wildman–Crippen LogP) is 1.79. The maximum absolute atomic E-state index is 12.6. The Bertz CT molecular complexity index is 693. The predicted molar refractivity (Wildman–Crippen MR) is 80.2 cm³/mol. The van der Waals surface area contributed by atoms with Gasteiger partial charge in [-0.3, -0.25) is 9.69 Å². The second-order valence-electron chi connectivity index (χ2n) is 5.57. The van der Waals surface area contributed by atoms with Gasteiger partial charge in [0.2, 0.25) is 0 Å². The van der Waals surface area contributed by atoms with Crippen molar-refractivity contribution in [3.63, 3.8) is 0 Å². The topological polar surface area (TPSA) is 65.1 Å². The quantitative estimate of drug-likeness (QED) is 0.926. The molecule has 1 aromatic heterocycles. The van der Waals surface area contributed by atoms with Crippen LogP contribution in [-0.2, 0) is 0 Å². The van der Waals surface area contributed by atoms with Crippen molar-refractivity contribution in [2.45, 2.75) is 6.18 Å². The Hall–Kier alpha value is -2.42. The molecule has 1 aromatic carbocycles. The summed E-state index contributed by atoms with van der Waals surface area (Å²) in [6, 6.07) is 9.14. The lowest BCUT2D eigenvalue weighted by Gasteiger charge is -2.34. The molecule has 1 N–H and O–H groups in total. The van der Waals surface area contributed by atoms with Crippen molar-refractivity contribution in [1.82, 2.24) is 25.2 Å². The van der Waals surface area contributed by atoms with Crippen LogP contribution in [0.5, 0.6) is 0 Å². The van der Waals surface area contributed by atoms with Gasteiger partial charge < -0.3 is 4.90 Å². The number of benzene rings is 1. The highest BCUT2D eigenvalue weighted by Gasteiger charge is 2.33. The van der Waals surface area contributed by atoms with Crippen LogP contribution in [0.1, 0.15) is 10.5 Å². The standard InChI is InChI=1S/C15H16F3N5O/c16-15(17,18)10-22-6-8-23(9-7-22)14(24)13-12(19-21-20-13)11-4-2-1-3-5-11/h1-5H,6-10H2,(H,19,20,21). The zero-order valence-corrected chi connectivity index (χ0v) is 12.8. The summed E-state index contributed by atoms with van der Waals surface area (Å²) in [4.78, 5) is 15.4. The Balaban J connectivity index is 1.68. The molecule has 0 spiro atoms. The Kier molecular flexibility index (Phi) is 4.52. The van der Waals surface area contributed by atoms with Gasteiger partial charge in [-0.15, -0.1) is 0 Å². The van der Waals surface area contributed by atoms with E-state index in [-0.39, 0.29) is 37.8 Å². The van der Waals surface area contributed by atoms with Crippen molar-refractivity contribution in [2.24, 2.45) is 0 Å². The Morgan fingerprint density at radius 1 is 1.08 bits per heavy atom. The van der Waals surface area contributed by atoms with E-state index in [1.54, 1.807) is 0 Å². The highest BCUT2D eigenvalue weighted by Crippen LogP contribution is 2.22. The lowest BCUT2D eigenvalue weighted by molar-refractivity contribution is -0.148. The third kappa shape index (κ3) is 3.73. The van der Waals surface area contributed by atoms with Gasteiger partial charge in [0.15, 0.2) is 5.69 Å². The zero-order valence-electron chi connectivity index (χ0n) is 12.8. The van der Waals surface area contributed by atoms with Crippen molar-refractivity contribution in [3.8, 4) is 11.3 Å². The van der Waals surface area contributed by atoms with E-state index in [1.165, 1.54) is 9.80 Å². The minimum absolute atomic E-state index is 0.184. The van der Waals surface area contributed by atoms with Crippen LogP contribution >= 0.6 is 0 Å². The van der Waals surface area contributed by atoms with E-state index in [1.807, 2.05) is 30.3 Å². The molecule has 0 unspecified atom stereocenters. The minimum Gasteiger partial charge on any atom is -0.335 e. The molecule has 6 nitrogen and oxygen atoms in total. The highest BCUT2D eigenvalue weighted by molar-refractivity contribution is 5.97. The molecule has 1 aliphatic heterocycles. The second kappa shape index (κ2) is 6.60. The maximum Gasteiger partial charge on any atom is 0.401 e. The van der Waals surface area contributed by atoms with E-state index in [4.69, 9.17) is 0 Å². The maximum atomic E-state index is 12.6. The van der Waals surface area contributed by atoms with Gasteiger partial charge in [-0.25, -0.2) is 0 Å². The van der Waals surface area contributed by atoms with Crippen LogP contribution in [0.2, 0.25) is 0 Å². The summed E-state index contributed by atoms with van der Waals surface area (Å²) < 4.78 is 37.2. The third-order valence-corrected chi connectivity index (χ3v) is 3.86. The summed E-state index contributed by atoms with van der Waals surface area (Å²) in [6.45, 7) is -0.117. The number of H-pyrrole nitrogens is 1. The molecule has 2 aromatic rings. The molecule has 0 atom stereocenters. The molecule has 0 aliphatic carbocycles. The molecule has 0 radical (unpaired) electrons. The summed E-state index contributed by atoms with van der Waals surface area (Å²) in [5, 5.41) is 10.4. The number of nitrogens with one attached hydrogen (secondary N) is 1. The van der Waals surface area contributed by atoms with E-state index in [2.05, 4.69) is 15.4 Å². The molecule has 0 bridgehead atoms. The van der Waals surface area contributed by atoms with E-state index >= 15 is 0 Å². The summed E-state index contributed by atoms with van der Waals surface area (Å²) >= 11 is 0. The van der Waals surface area contributed by atoms with Gasteiger partial charge in [0.1, 0.15) is 5.69 Å². The third-order valence-electron chi connectivity index (χ3n) is 3.86. The number of halogens is 3. The van der Waals surface area contributed by atoms with Crippen molar-refractivity contribution in [1.29, 1.82) is 0 Å². The van der Waals surface area contributed by atoms with Crippen LogP contribution in [0.4, 0.5) is 13.2 Å². The first kappa shape index (κ1) is 16.4. The molecule has 3 rings (SSSR count). The molecule has 0 saturated carbocycles. The van der Waals surface area contributed by atoms with Gasteiger partial charge in [0.25, 0.3) is 5.91 Å². The van der Waals surface area contributed by atoms with Crippen molar-refractivity contribution >= 4 is 5.91 Å². The molecular formula is C15H16F3N5O.